The Kier molecular flexibility index (Phi) is 5.78. The molecule has 0 aromatic heterocycles. The molecule has 1 amide bonds. The van der Waals surface area contributed by atoms with Crippen LogP contribution in [0.5, 0.6) is 0 Å². The fourth-order valence-electron chi connectivity index (χ4n) is 3.06. The van der Waals surface area contributed by atoms with Gasteiger partial charge in [0, 0.05) is 30.5 Å². The topological polar surface area (TPSA) is 46.6 Å². The van der Waals surface area contributed by atoms with Crippen LogP contribution in [0.1, 0.15) is 40.4 Å². The van der Waals surface area contributed by atoms with Crippen molar-refractivity contribution in [2.45, 2.75) is 25.9 Å². The molecule has 2 aromatic carbocycles. The molecule has 1 unspecified atom stereocenters. The monoisotopic (exact) mass is 355 g/mol. The number of ether oxygens (including phenoxy) is 1. The van der Waals surface area contributed by atoms with Crippen LogP contribution in [0.4, 0.5) is 4.39 Å². The number of morpholine rings is 1. The van der Waals surface area contributed by atoms with Crippen LogP contribution >= 0.6 is 0 Å². The average molecular weight is 355 g/mol. The minimum atomic E-state index is -0.471. The lowest BCUT2D eigenvalue weighted by Gasteiger charge is -2.33. The first-order chi connectivity index (χ1) is 12.5. The van der Waals surface area contributed by atoms with Crippen LogP contribution in [0.15, 0.2) is 48.5 Å². The van der Waals surface area contributed by atoms with Crippen LogP contribution in [0.3, 0.4) is 0 Å². The first-order valence-electron chi connectivity index (χ1n) is 8.78. The predicted octanol–water partition coefficient (Wildman–Crippen LogP) is 3.70. The summed E-state index contributed by atoms with van der Waals surface area (Å²) < 4.78 is 19.6. The Morgan fingerprint density at radius 3 is 2.58 bits per heavy atom. The highest BCUT2D eigenvalue weighted by Gasteiger charge is 2.27. The summed E-state index contributed by atoms with van der Waals surface area (Å²) in [5, 5.41) is 0. The number of benzene rings is 2. The van der Waals surface area contributed by atoms with Gasteiger partial charge in [-0.25, -0.2) is 4.39 Å². The average Bonchev–Trinajstić information content (AvgIpc) is 2.67. The van der Waals surface area contributed by atoms with Crippen LogP contribution in [0.2, 0.25) is 0 Å². The van der Waals surface area contributed by atoms with Gasteiger partial charge in [-0.2, -0.15) is 0 Å². The summed E-state index contributed by atoms with van der Waals surface area (Å²) in [6.07, 6.45) is -0.151. The third-order valence-electron chi connectivity index (χ3n) is 4.61. The minimum absolute atomic E-state index is 0.0442. The van der Waals surface area contributed by atoms with E-state index in [0.717, 1.165) is 5.56 Å². The van der Waals surface area contributed by atoms with Crippen LogP contribution in [-0.4, -0.2) is 36.3 Å². The number of hydrogen-bond acceptors (Lipinski definition) is 3. The second-order valence-corrected chi connectivity index (χ2v) is 6.51. The van der Waals surface area contributed by atoms with E-state index in [9.17, 15) is 14.0 Å². The van der Waals surface area contributed by atoms with Gasteiger partial charge in [0.2, 0.25) is 5.91 Å². The maximum Gasteiger partial charge on any atom is 0.223 e. The zero-order chi connectivity index (χ0) is 18.5. The third kappa shape index (κ3) is 4.35. The lowest BCUT2D eigenvalue weighted by atomic mass is 10.0. The van der Waals surface area contributed by atoms with E-state index in [1.807, 2.05) is 19.1 Å². The van der Waals surface area contributed by atoms with Crippen LogP contribution in [-0.2, 0) is 9.53 Å². The molecule has 1 fully saturated rings. The number of halogens is 1. The molecule has 0 radical (unpaired) electrons. The molecule has 136 valence electrons. The van der Waals surface area contributed by atoms with E-state index in [1.165, 1.54) is 6.07 Å². The summed E-state index contributed by atoms with van der Waals surface area (Å²) in [5.74, 6) is -0.478. The molecule has 1 aliphatic rings. The first kappa shape index (κ1) is 18.3. The second-order valence-electron chi connectivity index (χ2n) is 6.51. The van der Waals surface area contributed by atoms with Crippen molar-refractivity contribution >= 4 is 11.7 Å². The number of aryl methyl sites for hydroxylation is 1. The number of carbonyl (C=O) groups is 2. The van der Waals surface area contributed by atoms with Gasteiger partial charge in [0.05, 0.1) is 13.2 Å². The number of rotatable bonds is 5. The van der Waals surface area contributed by atoms with Gasteiger partial charge in [0.15, 0.2) is 5.78 Å². The molecule has 0 saturated carbocycles. The SMILES string of the molecule is Cc1ccc(C(=O)CCC(=O)N2CCOC(c3ccccc3F)C2)cc1. The fraction of sp³-hybridized carbons (Fsp3) is 0.333. The number of amides is 1. The molecule has 1 heterocycles. The van der Waals surface area contributed by atoms with Gasteiger partial charge in [0.25, 0.3) is 0 Å². The molecule has 0 N–H and O–H groups in total. The van der Waals surface area contributed by atoms with Crippen molar-refractivity contribution in [1.29, 1.82) is 0 Å². The van der Waals surface area contributed by atoms with Gasteiger partial charge in [-0.3, -0.25) is 9.59 Å². The summed E-state index contributed by atoms with van der Waals surface area (Å²) in [5.41, 5.74) is 2.17. The lowest BCUT2D eigenvalue weighted by molar-refractivity contribution is -0.139. The van der Waals surface area contributed by atoms with E-state index in [0.29, 0.717) is 30.8 Å². The van der Waals surface area contributed by atoms with E-state index >= 15 is 0 Å². The van der Waals surface area contributed by atoms with Crippen LogP contribution in [0.25, 0.3) is 0 Å². The molecule has 0 aliphatic carbocycles. The van der Waals surface area contributed by atoms with Gasteiger partial charge >= 0.3 is 0 Å². The number of Topliss-reactive ketones (excluding diaryl/α,β-unsaturated/α-hetero) is 1. The summed E-state index contributed by atoms with van der Waals surface area (Å²) in [4.78, 5) is 26.4. The molecule has 1 aliphatic heterocycles. The zero-order valence-corrected chi connectivity index (χ0v) is 14.8. The highest BCUT2D eigenvalue weighted by Crippen LogP contribution is 2.25. The molecule has 2 aromatic rings. The normalized spacial score (nSPS) is 17.2. The Labute approximate surface area is 152 Å². The van der Waals surface area contributed by atoms with Crippen molar-refractivity contribution in [3.8, 4) is 0 Å². The minimum Gasteiger partial charge on any atom is -0.370 e. The van der Waals surface area contributed by atoms with Crippen LogP contribution < -0.4 is 0 Å². The molecule has 5 heteroatoms. The number of nitrogens with zero attached hydrogens (tertiary/aromatic N) is 1. The zero-order valence-electron chi connectivity index (χ0n) is 14.8. The van der Waals surface area contributed by atoms with Crippen molar-refractivity contribution in [2.75, 3.05) is 19.7 Å². The van der Waals surface area contributed by atoms with Crippen LogP contribution in [0, 0.1) is 12.7 Å². The summed E-state index contributed by atoms with van der Waals surface area (Å²) in [6, 6.07) is 13.8. The smallest absolute Gasteiger partial charge is 0.223 e. The summed E-state index contributed by atoms with van der Waals surface area (Å²) in [7, 11) is 0. The second kappa shape index (κ2) is 8.23. The molecule has 3 rings (SSSR count). The fourth-order valence-corrected chi connectivity index (χ4v) is 3.06. The molecule has 26 heavy (non-hydrogen) atoms. The predicted molar refractivity (Wildman–Crippen MR) is 96.4 cm³/mol. The quantitative estimate of drug-likeness (QED) is 0.769. The Morgan fingerprint density at radius 2 is 1.85 bits per heavy atom. The van der Waals surface area contributed by atoms with E-state index in [-0.39, 0.29) is 30.3 Å². The maximum absolute atomic E-state index is 13.9. The number of ketones is 1. The maximum atomic E-state index is 13.9. The lowest BCUT2D eigenvalue weighted by Crippen LogP contribution is -2.42. The molecule has 1 atom stereocenters. The van der Waals surface area contributed by atoms with Gasteiger partial charge in [-0.05, 0) is 13.0 Å². The summed E-state index contributed by atoms with van der Waals surface area (Å²) in [6.45, 7) is 3.08. The molecule has 0 spiro atoms. The van der Waals surface area contributed by atoms with Crippen molar-refractivity contribution in [3.63, 3.8) is 0 Å². The number of hydrogen-bond donors (Lipinski definition) is 0. The van der Waals surface area contributed by atoms with Crippen molar-refractivity contribution in [3.05, 3.63) is 71.0 Å². The van der Waals surface area contributed by atoms with Crippen molar-refractivity contribution < 1.29 is 18.7 Å². The highest BCUT2D eigenvalue weighted by molar-refractivity contribution is 5.98. The Hall–Kier alpha value is -2.53. The molecular weight excluding hydrogens is 333 g/mol. The standard InChI is InChI=1S/C21H22FNO3/c1-15-6-8-16(9-7-15)19(24)10-11-21(25)23-12-13-26-20(14-23)17-4-2-3-5-18(17)22/h2-9,20H,10-14H2,1H3. The van der Waals surface area contributed by atoms with Gasteiger partial charge < -0.3 is 9.64 Å². The van der Waals surface area contributed by atoms with E-state index in [1.54, 1.807) is 35.2 Å². The Balaban J connectivity index is 1.57. The van der Waals surface area contributed by atoms with Gasteiger partial charge in [-0.15, -0.1) is 0 Å². The molecule has 4 nitrogen and oxygen atoms in total. The van der Waals surface area contributed by atoms with E-state index in [4.69, 9.17) is 4.74 Å². The Morgan fingerprint density at radius 1 is 1.12 bits per heavy atom. The molecule has 1 saturated heterocycles. The van der Waals surface area contributed by atoms with Crippen molar-refractivity contribution in [2.24, 2.45) is 0 Å². The summed E-state index contributed by atoms with van der Waals surface area (Å²) >= 11 is 0. The van der Waals surface area contributed by atoms with E-state index in [2.05, 4.69) is 0 Å². The molecule has 0 bridgehead atoms. The molecular formula is C21H22FNO3. The van der Waals surface area contributed by atoms with Gasteiger partial charge in [0.1, 0.15) is 11.9 Å². The Bertz CT molecular complexity index is 788. The largest absolute Gasteiger partial charge is 0.370 e. The highest BCUT2D eigenvalue weighted by atomic mass is 19.1. The first-order valence-corrected chi connectivity index (χ1v) is 8.78. The third-order valence-corrected chi connectivity index (χ3v) is 4.61. The van der Waals surface area contributed by atoms with Gasteiger partial charge in [-0.1, -0.05) is 48.0 Å². The van der Waals surface area contributed by atoms with Crippen molar-refractivity contribution in [1.82, 2.24) is 4.90 Å². The van der Waals surface area contributed by atoms with E-state index < -0.39 is 6.10 Å². The number of carbonyl (C=O) groups excluding carboxylic acids is 2.